The molecule has 2 aromatic rings. The Hall–Kier alpha value is -2.23. The maximum Gasteiger partial charge on any atom is 0.318 e. The van der Waals surface area contributed by atoms with Gasteiger partial charge in [-0.25, -0.2) is 4.79 Å². The number of hydrogen-bond donors (Lipinski definition) is 3. The van der Waals surface area contributed by atoms with E-state index in [2.05, 4.69) is 48.5 Å². The minimum absolute atomic E-state index is 0.0668. The SMILES string of the molecule is CC(C)(C)/C=C/NC(=O)NCCc1c[nH]c2ccccc12. The molecule has 0 atom stereocenters. The van der Waals surface area contributed by atoms with Crippen LogP contribution in [0.1, 0.15) is 26.3 Å². The van der Waals surface area contributed by atoms with Crippen molar-refractivity contribution in [2.45, 2.75) is 27.2 Å². The predicted octanol–water partition coefficient (Wildman–Crippen LogP) is 3.57. The number of rotatable bonds is 4. The van der Waals surface area contributed by atoms with Crippen LogP contribution in [0.2, 0.25) is 0 Å². The molecule has 0 bridgehead atoms. The smallest absolute Gasteiger partial charge is 0.318 e. The Balaban J connectivity index is 1.79. The topological polar surface area (TPSA) is 56.9 Å². The van der Waals surface area contributed by atoms with Gasteiger partial charge in [0.25, 0.3) is 0 Å². The predicted molar refractivity (Wildman–Crippen MR) is 87.1 cm³/mol. The minimum atomic E-state index is -0.171. The van der Waals surface area contributed by atoms with Crippen LogP contribution in [-0.2, 0) is 6.42 Å². The van der Waals surface area contributed by atoms with Gasteiger partial charge < -0.3 is 15.6 Å². The Labute approximate surface area is 125 Å². The largest absolute Gasteiger partial charge is 0.361 e. The molecule has 0 radical (unpaired) electrons. The average Bonchev–Trinajstić information content (AvgIpc) is 2.81. The van der Waals surface area contributed by atoms with Crippen LogP contribution in [0.3, 0.4) is 0 Å². The summed E-state index contributed by atoms with van der Waals surface area (Å²) in [7, 11) is 0. The number of aromatic nitrogens is 1. The number of carbonyl (C=O) groups excluding carboxylic acids is 1. The second-order valence-electron chi connectivity index (χ2n) is 6.21. The van der Waals surface area contributed by atoms with E-state index < -0.39 is 0 Å². The quantitative estimate of drug-likeness (QED) is 0.790. The van der Waals surface area contributed by atoms with Gasteiger partial charge >= 0.3 is 6.03 Å². The van der Waals surface area contributed by atoms with Crippen molar-refractivity contribution in [3.8, 4) is 0 Å². The van der Waals surface area contributed by atoms with E-state index in [-0.39, 0.29) is 11.4 Å². The standard InChI is InChI=1S/C17H23N3O/c1-17(2,3)9-11-19-16(21)18-10-8-13-12-20-15-7-5-4-6-14(13)15/h4-7,9,11-12,20H,8,10H2,1-3H3,(H2,18,19,21)/b11-9+. The fourth-order valence-corrected chi connectivity index (χ4v) is 2.07. The molecule has 0 saturated heterocycles. The molecule has 1 aromatic heterocycles. The Kier molecular flexibility index (Phi) is 4.68. The molecule has 1 heterocycles. The molecular weight excluding hydrogens is 262 g/mol. The van der Waals surface area contributed by atoms with Crippen molar-refractivity contribution < 1.29 is 4.79 Å². The molecule has 0 fully saturated rings. The molecule has 0 aliphatic carbocycles. The van der Waals surface area contributed by atoms with Crippen molar-refractivity contribution in [2.75, 3.05) is 6.54 Å². The highest BCUT2D eigenvalue weighted by Crippen LogP contribution is 2.17. The Morgan fingerprint density at radius 1 is 1.29 bits per heavy atom. The van der Waals surface area contributed by atoms with Crippen LogP contribution in [0.15, 0.2) is 42.7 Å². The zero-order chi connectivity index (χ0) is 15.3. The molecule has 4 nitrogen and oxygen atoms in total. The van der Waals surface area contributed by atoms with E-state index in [1.165, 1.54) is 10.9 Å². The first kappa shape index (κ1) is 15.2. The number of benzene rings is 1. The van der Waals surface area contributed by atoms with E-state index in [4.69, 9.17) is 0 Å². The lowest BCUT2D eigenvalue weighted by Crippen LogP contribution is -2.33. The van der Waals surface area contributed by atoms with Crippen LogP contribution in [0.25, 0.3) is 10.9 Å². The van der Waals surface area contributed by atoms with Crippen LogP contribution >= 0.6 is 0 Å². The lowest BCUT2D eigenvalue weighted by atomic mass is 9.97. The van der Waals surface area contributed by atoms with Crippen molar-refractivity contribution in [1.82, 2.24) is 15.6 Å². The number of aromatic amines is 1. The number of urea groups is 1. The molecule has 0 spiro atoms. The summed E-state index contributed by atoms with van der Waals surface area (Å²) >= 11 is 0. The Morgan fingerprint density at radius 2 is 2.05 bits per heavy atom. The number of hydrogen-bond acceptors (Lipinski definition) is 1. The van der Waals surface area contributed by atoms with Gasteiger partial charge in [-0.3, -0.25) is 0 Å². The van der Waals surface area contributed by atoms with Gasteiger partial charge in [-0.2, -0.15) is 0 Å². The summed E-state index contributed by atoms with van der Waals surface area (Å²) in [5.41, 5.74) is 2.42. The lowest BCUT2D eigenvalue weighted by molar-refractivity contribution is 0.244. The van der Waals surface area contributed by atoms with Gasteiger partial charge in [0.1, 0.15) is 0 Å². The summed E-state index contributed by atoms with van der Waals surface area (Å²) in [6.07, 6.45) is 6.47. The molecule has 0 aliphatic heterocycles. The van der Waals surface area contributed by atoms with E-state index >= 15 is 0 Å². The summed E-state index contributed by atoms with van der Waals surface area (Å²) in [4.78, 5) is 14.9. The average molecular weight is 285 g/mol. The van der Waals surface area contributed by atoms with Crippen LogP contribution in [0.4, 0.5) is 4.79 Å². The summed E-state index contributed by atoms with van der Waals surface area (Å²) < 4.78 is 0. The number of para-hydroxylation sites is 1. The molecule has 3 N–H and O–H groups in total. The van der Waals surface area contributed by atoms with Crippen molar-refractivity contribution in [1.29, 1.82) is 0 Å². The highest BCUT2D eigenvalue weighted by Gasteiger charge is 2.05. The zero-order valence-electron chi connectivity index (χ0n) is 12.9. The van der Waals surface area contributed by atoms with Crippen LogP contribution in [-0.4, -0.2) is 17.6 Å². The van der Waals surface area contributed by atoms with Gasteiger partial charge in [-0.1, -0.05) is 45.0 Å². The van der Waals surface area contributed by atoms with Crippen LogP contribution in [0, 0.1) is 5.41 Å². The number of carbonyl (C=O) groups is 1. The van der Waals surface area contributed by atoms with Crippen LogP contribution in [0.5, 0.6) is 0 Å². The molecule has 21 heavy (non-hydrogen) atoms. The van der Waals surface area contributed by atoms with Crippen LogP contribution < -0.4 is 10.6 Å². The number of H-pyrrole nitrogens is 1. The van der Waals surface area contributed by atoms with E-state index in [0.717, 1.165) is 11.9 Å². The third-order valence-corrected chi connectivity index (χ3v) is 3.15. The molecule has 0 unspecified atom stereocenters. The normalized spacial score (nSPS) is 12.0. The van der Waals surface area contributed by atoms with Crippen molar-refractivity contribution in [3.05, 3.63) is 48.3 Å². The second kappa shape index (κ2) is 6.48. The van der Waals surface area contributed by atoms with Gasteiger partial charge in [0.15, 0.2) is 0 Å². The van der Waals surface area contributed by atoms with E-state index in [1.807, 2.05) is 24.4 Å². The number of fused-ring (bicyclic) bond motifs is 1. The van der Waals surface area contributed by atoms with E-state index in [0.29, 0.717) is 6.54 Å². The highest BCUT2D eigenvalue weighted by atomic mass is 16.2. The molecule has 112 valence electrons. The second-order valence-corrected chi connectivity index (χ2v) is 6.21. The van der Waals surface area contributed by atoms with E-state index in [9.17, 15) is 4.79 Å². The number of nitrogens with one attached hydrogen (secondary N) is 3. The summed E-state index contributed by atoms with van der Waals surface area (Å²) in [5, 5.41) is 6.79. The lowest BCUT2D eigenvalue weighted by Gasteiger charge is -2.11. The summed E-state index contributed by atoms with van der Waals surface area (Å²) in [6.45, 7) is 6.86. The molecule has 2 amide bonds. The Morgan fingerprint density at radius 3 is 2.81 bits per heavy atom. The number of amides is 2. The van der Waals surface area contributed by atoms with Gasteiger partial charge in [0, 0.05) is 29.8 Å². The van der Waals surface area contributed by atoms with Crippen molar-refractivity contribution in [3.63, 3.8) is 0 Å². The summed E-state index contributed by atoms with van der Waals surface area (Å²) in [5.74, 6) is 0. The molecule has 0 aliphatic rings. The third-order valence-electron chi connectivity index (χ3n) is 3.15. The molecule has 0 saturated carbocycles. The first-order valence-electron chi connectivity index (χ1n) is 7.23. The zero-order valence-corrected chi connectivity index (χ0v) is 12.9. The molecular formula is C17H23N3O. The van der Waals surface area contributed by atoms with E-state index in [1.54, 1.807) is 6.20 Å². The van der Waals surface area contributed by atoms with Crippen molar-refractivity contribution in [2.24, 2.45) is 5.41 Å². The first-order valence-corrected chi connectivity index (χ1v) is 7.23. The van der Waals surface area contributed by atoms with Gasteiger partial charge in [-0.05, 0) is 23.5 Å². The summed E-state index contributed by atoms with van der Waals surface area (Å²) in [6, 6.07) is 8.01. The maximum absolute atomic E-state index is 11.6. The highest BCUT2D eigenvalue weighted by molar-refractivity contribution is 5.83. The van der Waals surface area contributed by atoms with Gasteiger partial charge in [-0.15, -0.1) is 0 Å². The third kappa shape index (κ3) is 4.67. The first-order chi connectivity index (χ1) is 9.96. The Bertz CT molecular complexity index is 635. The minimum Gasteiger partial charge on any atom is -0.361 e. The maximum atomic E-state index is 11.6. The fraction of sp³-hybridized carbons (Fsp3) is 0.353. The van der Waals surface area contributed by atoms with Gasteiger partial charge in [0.2, 0.25) is 0 Å². The number of allylic oxidation sites excluding steroid dienone is 1. The molecule has 1 aromatic carbocycles. The van der Waals surface area contributed by atoms with Crippen molar-refractivity contribution >= 4 is 16.9 Å². The fourth-order valence-electron chi connectivity index (χ4n) is 2.07. The van der Waals surface area contributed by atoms with Gasteiger partial charge in [0.05, 0.1) is 0 Å². The monoisotopic (exact) mass is 285 g/mol. The molecule has 4 heteroatoms. The molecule has 2 rings (SSSR count).